The van der Waals surface area contributed by atoms with E-state index in [2.05, 4.69) is 55.6 Å². The van der Waals surface area contributed by atoms with Crippen molar-refractivity contribution in [1.29, 1.82) is 0 Å². The lowest BCUT2D eigenvalue weighted by Crippen LogP contribution is -2.45. The van der Waals surface area contributed by atoms with Crippen molar-refractivity contribution < 1.29 is 24.5 Å². The highest BCUT2D eigenvalue weighted by Crippen LogP contribution is 2.17. The Morgan fingerprint density at radius 2 is 0.739 bits per heavy atom. The molecular weight excluding hydrogens is 851 g/mol. The van der Waals surface area contributed by atoms with E-state index in [9.17, 15) is 19.8 Å². The molecule has 406 valence electrons. The molecule has 0 aliphatic heterocycles. The van der Waals surface area contributed by atoms with E-state index >= 15 is 0 Å². The molecule has 0 radical (unpaired) electrons. The van der Waals surface area contributed by atoms with Gasteiger partial charge in [0, 0.05) is 12.8 Å². The first-order valence-corrected chi connectivity index (χ1v) is 30.7. The predicted molar refractivity (Wildman–Crippen MR) is 301 cm³/mol. The lowest BCUT2D eigenvalue weighted by atomic mass is 10.0. The third kappa shape index (κ3) is 55.2. The van der Waals surface area contributed by atoms with Crippen molar-refractivity contribution in [3.8, 4) is 0 Å². The molecule has 0 aromatic carbocycles. The van der Waals surface area contributed by atoms with E-state index in [4.69, 9.17) is 4.74 Å². The van der Waals surface area contributed by atoms with Crippen LogP contribution in [-0.4, -0.2) is 47.4 Å². The summed E-state index contributed by atoms with van der Waals surface area (Å²) >= 11 is 0. The summed E-state index contributed by atoms with van der Waals surface area (Å²) < 4.78 is 5.45. The van der Waals surface area contributed by atoms with Gasteiger partial charge >= 0.3 is 5.97 Å². The van der Waals surface area contributed by atoms with E-state index in [0.29, 0.717) is 25.9 Å². The van der Waals surface area contributed by atoms with Gasteiger partial charge in [-0.3, -0.25) is 9.59 Å². The fourth-order valence-corrected chi connectivity index (χ4v) is 9.42. The zero-order valence-corrected chi connectivity index (χ0v) is 46.3. The van der Waals surface area contributed by atoms with Crippen LogP contribution in [0.2, 0.25) is 0 Å². The fourth-order valence-electron chi connectivity index (χ4n) is 9.42. The van der Waals surface area contributed by atoms with Gasteiger partial charge in [0.2, 0.25) is 5.91 Å². The molecule has 0 bridgehead atoms. The van der Waals surface area contributed by atoms with Gasteiger partial charge in [0.1, 0.15) is 0 Å². The van der Waals surface area contributed by atoms with Gasteiger partial charge in [-0.05, 0) is 77.0 Å². The summed E-state index contributed by atoms with van der Waals surface area (Å²) in [5.41, 5.74) is 0. The number of allylic oxidation sites excluding steroid dienone is 6. The molecular formula is C63H119NO5. The Labute approximate surface area is 430 Å². The molecule has 0 rings (SSSR count). The number of aliphatic hydroxyl groups excluding tert-OH is 2. The van der Waals surface area contributed by atoms with Gasteiger partial charge in [-0.1, -0.05) is 275 Å². The molecule has 0 heterocycles. The van der Waals surface area contributed by atoms with E-state index < -0.39 is 12.1 Å². The van der Waals surface area contributed by atoms with Crippen molar-refractivity contribution >= 4 is 11.9 Å². The molecule has 0 saturated heterocycles. The molecule has 1 amide bonds. The van der Waals surface area contributed by atoms with Gasteiger partial charge in [0.15, 0.2) is 0 Å². The molecule has 0 aliphatic rings. The Morgan fingerprint density at radius 1 is 0.406 bits per heavy atom. The quantitative estimate of drug-likeness (QED) is 0.0321. The molecule has 0 aliphatic carbocycles. The number of unbranched alkanes of at least 4 members (excludes halogenated alkanes) is 40. The molecule has 6 heteroatoms. The van der Waals surface area contributed by atoms with Gasteiger partial charge in [0.25, 0.3) is 0 Å². The highest BCUT2D eigenvalue weighted by atomic mass is 16.5. The first-order chi connectivity index (χ1) is 34.0. The molecule has 0 fully saturated rings. The smallest absolute Gasteiger partial charge is 0.305 e. The summed E-state index contributed by atoms with van der Waals surface area (Å²) in [5, 5.41) is 23.3. The van der Waals surface area contributed by atoms with Crippen LogP contribution in [-0.2, 0) is 14.3 Å². The van der Waals surface area contributed by atoms with E-state index in [-0.39, 0.29) is 18.5 Å². The molecule has 0 aromatic rings. The number of esters is 1. The lowest BCUT2D eigenvalue weighted by Gasteiger charge is -2.22. The van der Waals surface area contributed by atoms with Crippen LogP contribution < -0.4 is 5.32 Å². The number of carbonyl (C=O) groups is 2. The van der Waals surface area contributed by atoms with Gasteiger partial charge < -0.3 is 20.3 Å². The Kier molecular flexibility index (Phi) is 57.0. The third-order valence-corrected chi connectivity index (χ3v) is 14.2. The van der Waals surface area contributed by atoms with Crippen molar-refractivity contribution in [2.75, 3.05) is 13.2 Å². The summed E-state index contributed by atoms with van der Waals surface area (Å²) in [6.45, 7) is 4.92. The van der Waals surface area contributed by atoms with Gasteiger partial charge in [-0.2, -0.15) is 0 Å². The Bertz CT molecular complexity index is 1120. The summed E-state index contributed by atoms with van der Waals surface area (Å²) in [5.74, 6) is -0.0475. The topological polar surface area (TPSA) is 95.9 Å². The van der Waals surface area contributed by atoms with Gasteiger partial charge in [0.05, 0.1) is 25.4 Å². The van der Waals surface area contributed by atoms with Crippen LogP contribution in [0.15, 0.2) is 36.5 Å². The monoisotopic (exact) mass is 970 g/mol. The lowest BCUT2D eigenvalue weighted by molar-refractivity contribution is -0.143. The first kappa shape index (κ1) is 67.1. The summed E-state index contributed by atoms with van der Waals surface area (Å²) in [6.07, 6.45) is 72.9. The zero-order chi connectivity index (χ0) is 50.0. The molecule has 2 atom stereocenters. The Balaban J connectivity index is 3.46. The van der Waals surface area contributed by atoms with Gasteiger partial charge in [-0.25, -0.2) is 0 Å². The molecule has 0 spiro atoms. The second-order valence-electron chi connectivity index (χ2n) is 21.0. The third-order valence-electron chi connectivity index (χ3n) is 14.2. The van der Waals surface area contributed by atoms with Gasteiger partial charge in [-0.15, -0.1) is 0 Å². The summed E-state index contributed by atoms with van der Waals surface area (Å²) in [4.78, 5) is 24.5. The largest absolute Gasteiger partial charge is 0.466 e. The van der Waals surface area contributed by atoms with E-state index in [1.807, 2.05) is 0 Å². The number of rotatable bonds is 57. The van der Waals surface area contributed by atoms with Crippen molar-refractivity contribution in [3.63, 3.8) is 0 Å². The number of nitrogens with one attached hydrogen (secondary N) is 1. The molecule has 2 unspecified atom stereocenters. The van der Waals surface area contributed by atoms with Crippen molar-refractivity contribution in [3.05, 3.63) is 36.5 Å². The van der Waals surface area contributed by atoms with Crippen LogP contribution in [0.25, 0.3) is 0 Å². The number of aliphatic hydroxyl groups is 2. The SMILES string of the molecule is CCCC/C=C\CCCCCCCC(=O)OCCCCCCCCCCC/C=C\C/C=C\CCCCCCCCCC(=O)NC(CO)C(O)CCCCCCCCCCCCCCCCCCCC. The average Bonchev–Trinajstić information content (AvgIpc) is 3.35. The van der Waals surface area contributed by atoms with Crippen LogP contribution >= 0.6 is 0 Å². The highest BCUT2D eigenvalue weighted by Gasteiger charge is 2.20. The summed E-state index contributed by atoms with van der Waals surface area (Å²) in [7, 11) is 0. The van der Waals surface area contributed by atoms with Crippen LogP contribution in [0.4, 0.5) is 0 Å². The van der Waals surface area contributed by atoms with Crippen molar-refractivity contribution in [2.45, 2.75) is 341 Å². The maximum absolute atomic E-state index is 12.5. The zero-order valence-electron chi connectivity index (χ0n) is 46.3. The minimum absolute atomic E-state index is 0.00405. The average molecular weight is 971 g/mol. The molecule has 0 saturated carbocycles. The van der Waals surface area contributed by atoms with Crippen molar-refractivity contribution in [1.82, 2.24) is 5.32 Å². The predicted octanol–water partition coefficient (Wildman–Crippen LogP) is 19.2. The number of carbonyl (C=O) groups excluding carboxylic acids is 2. The number of hydrogen-bond acceptors (Lipinski definition) is 5. The molecule has 0 aromatic heterocycles. The van der Waals surface area contributed by atoms with Crippen molar-refractivity contribution in [2.24, 2.45) is 0 Å². The molecule has 6 nitrogen and oxygen atoms in total. The minimum atomic E-state index is -0.672. The Hall–Kier alpha value is -1.92. The van der Waals surface area contributed by atoms with Crippen LogP contribution in [0, 0.1) is 0 Å². The number of amides is 1. The minimum Gasteiger partial charge on any atom is -0.466 e. The number of hydrogen-bond donors (Lipinski definition) is 3. The van der Waals surface area contributed by atoms with Crippen LogP contribution in [0.3, 0.4) is 0 Å². The first-order valence-electron chi connectivity index (χ1n) is 30.7. The van der Waals surface area contributed by atoms with Crippen LogP contribution in [0.5, 0.6) is 0 Å². The molecule has 3 N–H and O–H groups in total. The maximum Gasteiger partial charge on any atom is 0.305 e. The van der Waals surface area contributed by atoms with E-state index in [1.165, 1.54) is 238 Å². The normalized spacial score (nSPS) is 12.8. The standard InChI is InChI=1S/C63H119NO5/c1-3-5-7-9-11-13-15-16-17-18-26-29-32-36-39-43-47-51-55-61(66)60(59-65)64-62(67)56-52-48-44-40-37-33-30-27-24-22-20-19-21-23-25-28-31-34-38-42-46-50-54-58-69-63(68)57-53-49-45-41-35-14-12-10-8-6-4-2/h10,12,19,21-22,24,60-61,65-66H,3-9,11,13-18,20,23,25-59H2,1-2H3,(H,64,67)/b12-10-,21-19-,24-22-. The fraction of sp³-hybridized carbons (Fsp3) is 0.873. The molecule has 69 heavy (non-hydrogen) atoms. The summed E-state index contributed by atoms with van der Waals surface area (Å²) in [6, 6.07) is -0.550. The van der Waals surface area contributed by atoms with Crippen LogP contribution in [0.1, 0.15) is 328 Å². The van der Waals surface area contributed by atoms with E-state index in [0.717, 1.165) is 57.8 Å². The second-order valence-corrected chi connectivity index (χ2v) is 21.0. The maximum atomic E-state index is 12.5. The van der Waals surface area contributed by atoms with E-state index in [1.54, 1.807) is 0 Å². The second kappa shape index (κ2) is 58.6. The highest BCUT2D eigenvalue weighted by molar-refractivity contribution is 5.76. The number of ether oxygens (including phenoxy) is 1. The Morgan fingerprint density at radius 3 is 1.16 bits per heavy atom.